The number of nitrogens with zero attached hydrogens (tertiary/aromatic N) is 2. The van der Waals surface area contributed by atoms with Gasteiger partial charge in [-0.25, -0.2) is 9.97 Å². The zero-order valence-corrected chi connectivity index (χ0v) is 9.68. The molecule has 0 saturated heterocycles. The van der Waals surface area contributed by atoms with Crippen LogP contribution in [0.15, 0.2) is 30.5 Å². The molecule has 0 bridgehead atoms. The molecule has 2 rings (SSSR count). The fraction of sp³-hybridized carbons (Fsp3) is 0. The molecule has 0 fully saturated rings. The van der Waals surface area contributed by atoms with Crippen molar-refractivity contribution in [1.29, 1.82) is 0 Å². The molecule has 0 saturated carbocycles. The lowest BCUT2D eigenvalue weighted by molar-refractivity contribution is 1.17. The Balaban J connectivity index is 2.63. The summed E-state index contributed by atoms with van der Waals surface area (Å²) in [5, 5.41) is 1.25. The molecule has 1 aromatic heterocycles. The molecule has 0 N–H and O–H groups in total. The van der Waals surface area contributed by atoms with Gasteiger partial charge in [0.25, 0.3) is 0 Å². The molecule has 0 aliphatic heterocycles. The minimum atomic E-state index is 0.170. The molecule has 15 heavy (non-hydrogen) atoms. The van der Waals surface area contributed by atoms with Crippen LogP contribution < -0.4 is 0 Å². The zero-order valence-electron chi connectivity index (χ0n) is 7.42. The molecule has 2 nitrogen and oxygen atoms in total. The maximum absolute atomic E-state index is 6.03. The predicted molar refractivity (Wildman–Crippen MR) is 62.5 cm³/mol. The Hall–Kier alpha value is -0.830. The molecule has 5 heteroatoms. The van der Waals surface area contributed by atoms with E-state index in [9.17, 15) is 0 Å². The molecule has 0 aliphatic rings. The number of hydrogen-bond acceptors (Lipinski definition) is 2. The van der Waals surface area contributed by atoms with E-state index in [2.05, 4.69) is 9.97 Å². The van der Waals surface area contributed by atoms with Gasteiger partial charge in [-0.3, -0.25) is 0 Å². The molecule has 0 spiro atoms. The highest BCUT2D eigenvalue weighted by atomic mass is 35.5. The van der Waals surface area contributed by atoms with Crippen molar-refractivity contribution >= 4 is 34.8 Å². The molecule has 0 atom stereocenters. The first-order chi connectivity index (χ1) is 7.18. The van der Waals surface area contributed by atoms with Gasteiger partial charge in [0.1, 0.15) is 0 Å². The molecule has 76 valence electrons. The van der Waals surface area contributed by atoms with Crippen molar-refractivity contribution in [1.82, 2.24) is 9.97 Å². The van der Waals surface area contributed by atoms with E-state index in [4.69, 9.17) is 34.8 Å². The van der Waals surface area contributed by atoms with Gasteiger partial charge in [0.15, 0.2) is 0 Å². The summed E-state index contributed by atoms with van der Waals surface area (Å²) in [6.45, 7) is 0. The third kappa shape index (κ3) is 2.23. The van der Waals surface area contributed by atoms with Crippen LogP contribution in [0.25, 0.3) is 11.3 Å². The van der Waals surface area contributed by atoms with E-state index >= 15 is 0 Å². The van der Waals surface area contributed by atoms with Crippen LogP contribution in [0.4, 0.5) is 0 Å². The molecule has 2 aromatic rings. The average Bonchev–Trinajstić information content (AvgIpc) is 2.17. The minimum absolute atomic E-state index is 0.170. The summed E-state index contributed by atoms with van der Waals surface area (Å²) in [5.41, 5.74) is 1.29. The van der Waals surface area contributed by atoms with Crippen LogP contribution in [-0.2, 0) is 0 Å². The largest absolute Gasteiger partial charge is 0.226 e. The number of halogens is 3. The second kappa shape index (κ2) is 4.35. The van der Waals surface area contributed by atoms with Crippen molar-refractivity contribution in [3.8, 4) is 11.3 Å². The minimum Gasteiger partial charge on any atom is -0.226 e. The zero-order chi connectivity index (χ0) is 10.8. The van der Waals surface area contributed by atoms with Crippen molar-refractivity contribution in [3.05, 3.63) is 45.8 Å². The van der Waals surface area contributed by atoms with Crippen molar-refractivity contribution in [3.63, 3.8) is 0 Å². The third-order valence-corrected chi connectivity index (χ3v) is 2.66. The number of benzene rings is 1. The molecular formula is C10H5Cl3N2. The summed E-state index contributed by atoms with van der Waals surface area (Å²) in [7, 11) is 0. The Kier molecular flexibility index (Phi) is 3.10. The van der Waals surface area contributed by atoms with Gasteiger partial charge in [-0.2, -0.15) is 0 Å². The third-order valence-electron chi connectivity index (χ3n) is 1.85. The van der Waals surface area contributed by atoms with Gasteiger partial charge in [0, 0.05) is 11.8 Å². The second-order valence-corrected chi connectivity index (χ2v) is 3.96. The first-order valence-electron chi connectivity index (χ1n) is 4.11. The van der Waals surface area contributed by atoms with Crippen molar-refractivity contribution in [2.24, 2.45) is 0 Å². The van der Waals surface area contributed by atoms with Gasteiger partial charge in [0.05, 0.1) is 15.7 Å². The van der Waals surface area contributed by atoms with Crippen molar-refractivity contribution < 1.29 is 0 Å². The molecule has 0 aliphatic carbocycles. The Morgan fingerprint density at radius 2 is 1.60 bits per heavy atom. The summed E-state index contributed by atoms with van der Waals surface area (Å²) in [6.07, 6.45) is 1.56. The lowest BCUT2D eigenvalue weighted by Crippen LogP contribution is -1.88. The maximum atomic E-state index is 6.03. The normalized spacial score (nSPS) is 10.3. The van der Waals surface area contributed by atoms with Crippen LogP contribution >= 0.6 is 34.8 Å². The number of hydrogen-bond donors (Lipinski definition) is 0. The number of rotatable bonds is 1. The molecule has 1 aromatic carbocycles. The fourth-order valence-electron chi connectivity index (χ4n) is 1.22. The first-order valence-corrected chi connectivity index (χ1v) is 5.25. The van der Waals surface area contributed by atoms with Gasteiger partial charge in [0.2, 0.25) is 5.28 Å². The standard InChI is InChI=1S/C10H5Cl3N2/c11-6-2-1-3-7(12)9(6)8-4-5-14-10(13)15-8/h1-5H. The van der Waals surface area contributed by atoms with Gasteiger partial charge in [-0.15, -0.1) is 0 Å². The van der Waals surface area contributed by atoms with E-state index in [1.54, 1.807) is 30.5 Å². The van der Waals surface area contributed by atoms with E-state index in [0.29, 0.717) is 21.3 Å². The average molecular weight is 260 g/mol. The Morgan fingerprint density at radius 3 is 2.20 bits per heavy atom. The maximum Gasteiger partial charge on any atom is 0.222 e. The molecule has 1 heterocycles. The van der Waals surface area contributed by atoms with Crippen molar-refractivity contribution in [2.75, 3.05) is 0 Å². The Bertz CT molecular complexity index is 480. The van der Waals surface area contributed by atoms with Gasteiger partial charge >= 0.3 is 0 Å². The fourth-order valence-corrected chi connectivity index (χ4v) is 1.96. The van der Waals surface area contributed by atoms with Gasteiger partial charge in [-0.1, -0.05) is 29.3 Å². The second-order valence-electron chi connectivity index (χ2n) is 2.81. The lowest BCUT2D eigenvalue weighted by atomic mass is 10.1. The summed E-state index contributed by atoms with van der Waals surface area (Å²) in [6, 6.07) is 6.98. The molecular weight excluding hydrogens is 254 g/mol. The quantitative estimate of drug-likeness (QED) is 0.721. The van der Waals surface area contributed by atoms with Crippen LogP contribution in [0, 0.1) is 0 Å². The first kappa shape index (κ1) is 10.7. The SMILES string of the molecule is Clc1nccc(-c2c(Cl)cccc2Cl)n1. The van der Waals surface area contributed by atoms with Crippen LogP contribution in [0.1, 0.15) is 0 Å². The van der Waals surface area contributed by atoms with E-state index in [-0.39, 0.29) is 5.28 Å². The van der Waals surface area contributed by atoms with E-state index in [1.807, 2.05) is 0 Å². The predicted octanol–water partition coefficient (Wildman–Crippen LogP) is 4.10. The number of aromatic nitrogens is 2. The topological polar surface area (TPSA) is 25.8 Å². The summed E-state index contributed by atoms with van der Waals surface area (Å²) < 4.78 is 0. The highest BCUT2D eigenvalue weighted by Crippen LogP contribution is 2.33. The summed E-state index contributed by atoms with van der Waals surface area (Å²) in [5.74, 6) is 0. The summed E-state index contributed by atoms with van der Waals surface area (Å²) in [4.78, 5) is 7.84. The molecule has 0 unspecified atom stereocenters. The van der Waals surface area contributed by atoms with Crippen LogP contribution in [0.5, 0.6) is 0 Å². The Morgan fingerprint density at radius 1 is 0.933 bits per heavy atom. The van der Waals surface area contributed by atoms with E-state index < -0.39 is 0 Å². The Labute approximate surface area is 102 Å². The van der Waals surface area contributed by atoms with Crippen LogP contribution in [-0.4, -0.2) is 9.97 Å². The highest BCUT2D eigenvalue weighted by Gasteiger charge is 2.09. The van der Waals surface area contributed by atoms with Crippen LogP contribution in [0.3, 0.4) is 0 Å². The van der Waals surface area contributed by atoms with E-state index in [1.165, 1.54) is 0 Å². The van der Waals surface area contributed by atoms with Crippen LogP contribution in [0.2, 0.25) is 15.3 Å². The van der Waals surface area contributed by atoms with Gasteiger partial charge in [-0.05, 0) is 29.8 Å². The van der Waals surface area contributed by atoms with Crippen molar-refractivity contribution in [2.45, 2.75) is 0 Å². The van der Waals surface area contributed by atoms with E-state index in [0.717, 1.165) is 0 Å². The smallest absolute Gasteiger partial charge is 0.222 e. The summed E-state index contributed by atoms with van der Waals surface area (Å²) >= 11 is 17.7. The molecule has 0 amide bonds. The van der Waals surface area contributed by atoms with Gasteiger partial charge < -0.3 is 0 Å². The monoisotopic (exact) mass is 258 g/mol. The molecule has 0 radical (unpaired) electrons. The lowest BCUT2D eigenvalue weighted by Gasteiger charge is -2.05. The highest BCUT2D eigenvalue weighted by molar-refractivity contribution is 6.39.